The first-order valence-electron chi connectivity index (χ1n) is 7.12. The number of ether oxygens (including phenoxy) is 1. The van der Waals surface area contributed by atoms with Gasteiger partial charge in [0.25, 0.3) is 0 Å². The number of fused-ring (bicyclic) bond motifs is 1. The molecule has 0 aliphatic heterocycles. The van der Waals surface area contributed by atoms with Crippen LogP contribution in [0.2, 0.25) is 0 Å². The number of alkyl halides is 3. The largest absolute Gasteiger partial charge is 0.440 e. The number of amides is 2. The molecule has 1 aromatic rings. The van der Waals surface area contributed by atoms with E-state index < -0.39 is 31.3 Å². The van der Waals surface area contributed by atoms with Crippen molar-refractivity contribution in [3.05, 3.63) is 35.4 Å². The average Bonchev–Trinajstić information content (AvgIpc) is 2.79. The normalized spacial score (nSPS) is 19.8. The van der Waals surface area contributed by atoms with Crippen LogP contribution in [-0.4, -0.2) is 31.3 Å². The maximum Gasteiger partial charge on any atom is 0.422 e. The van der Waals surface area contributed by atoms with Gasteiger partial charge in [-0.1, -0.05) is 31.2 Å². The Morgan fingerprint density at radius 2 is 1.91 bits per heavy atom. The molecule has 2 amide bonds. The van der Waals surface area contributed by atoms with Gasteiger partial charge in [0.05, 0.1) is 6.04 Å². The van der Waals surface area contributed by atoms with Gasteiger partial charge in [-0.05, 0) is 23.5 Å². The third kappa shape index (κ3) is 4.87. The lowest BCUT2D eigenvalue weighted by molar-refractivity contribution is -0.160. The third-order valence-corrected chi connectivity index (χ3v) is 3.59. The molecular weight excluding hydrogens is 313 g/mol. The summed E-state index contributed by atoms with van der Waals surface area (Å²) in [5.74, 6) is -0.177. The van der Waals surface area contributed by atoms with Crippen LogP contribution in [0.1, 0.15) is 36.4 Å². The van der Waals surface area contributed by atoms with Crippen LogP contribution >= 0.6 is 0 Å². The molecule has 5 nitrogen and oxygen atoms in total. The summed E-state index contributed by atoms with van der Waals surface area (Å²) in [5, 5.41) is 4.75. The highest BCUT2D eigenvalue weighted by Crippen LogP contribution is 2.39. The van der Waals surface area contributed by atoms with Crippen molar-refractivity contribution in [3.63, 3.8) is 0 Å². The van der Waals surface area contributed by atoms with Gasteiger partial charge in [-0.3, -0.25) is 4.79 Å². The van der Waals surface area contributed by atoms with E-state index in [4.69, 9.17) is 0 Å². The molecule has 0 spiro atoms. The number of carbonyl (C=O) groups is 2. The van der Waals surface area contributed by atoms with E-state index in [9.17, 15) is 22.8 Å². The average molecular weight is 330 g/mol. The summed E-state index contributed by atoms with van der Waals surface area (Å²) in [4.78, 5) is 22.9. The zero-order chi connectivity index (χ0) is 17.0. The Labute approximate surface area is 131 Å². The van der Waals surface area contributed by atoms with Crippen LogP contribution in [0.5, 0.6) is 0 Å². The van der Waals surface area contributed by atoms with Gasteiger partial charge >= 0.3 is 12.3 Å². The van der Waals surface area contributed by atoms with Crippen LogP contribution in [0.25, 0.3) is 0 Å². The summed E-state index contributed by atoms with van der Waals surface area (Å²) in [7, 11) is 0. The van der Waals surface area contributed by atoms with Crippen LogP contribution in [0, 0.1) is 0 Å². The van der Waals surface area contributed by atoms with Crippen molar-refractivity contribution >= 4 is 12.0 Å². The molecule has 126 valence electrons. The van der Waals surface area contributed by atoms with Crippen LogP contribution in [0.4, 0.5) is 18.0 Å². The van der Waals surface area contributed by atoms with Crippen molar-refractivity contribution in [3.8, 4) is 0 Å². The molecule has 2 rings (SSSR count). The number of halogens is 3. The van der Waals surface area contributed by atoms with Gasteiger partial charge in [-0.25, -0.2) is 4.79 Å². The minimum Gasteiger partial charge on any atom is -0.440 e. The predicted octanol–water partition coefficient (Wildman–Crippen LogP) is 2.64. The summed E-state index contributed by atoms with van der Waals surface area (Å²) in [6, 6.07) is 7.57. The van der Waals surface area contributed by atoms with Crippen molar-refractivity contribution < 1.29 is 27.5 Å². The minimum atomic E-state index is -4.59. The van der Waals surface area contributed by atoms with Crippen molar-refractivity contribution in [2.45, 2.75) is 31.5 Å². The van der Waals surface area contributed by atoms with Crippen LogP contribution in [0.15, 0.2) is 24.3 Å². The van der Waals surface area contributed by atoms with E-state index in [1.807, 2.05) is 29.6 Å². The quantitative estimate of drug-likeness (QED) is 0.892. The molecule has 1 aliphatic carbocycles. The smallest absolute Gasteiger partial charge is 0.422 e. The maximum atomic E-state index is 11.9. The molecule has 0 unspecified atom stereocenters. The topological polar surface area (TPSA) is 67.4 Å². The number of rotatable bonds is 4. The Hall–Kier alpha value is -2.25. The van der Waals surface area contributed by atoms with E-state index in [-0.39, 0.29) is 6.04 Å². The molecule has 0 radical (unpaired) electrons. The molecule has 0 saturated heterocycles. The predicted molar refractivity (Wildman–Crippen MR) is 75.8 cm³/mol. The molecule has 0 aromatic heterocycles. The van der Waals surface area contributed by atoms with Gasteiger partial charge < -0.3 is 15.4 Å². The standard InChI is InChI=1S/C15H17F3N2O3/c1-9-6-12(11-5-3-2-4-10(9)11)20-13(21)7-19-14(22)23-8-15(16,17)18/h2-5,9,12H,6-8H2,1H3,(H,19,22)(H,20,21)/t9-,12-/m1/s1. The van der Waals surface area contributed by atoms with Crippen LogP contribution in [0.3, 0.4) is 0 Å². The maximum absolute atomic E-state index is 11.9. The fraction of sp³-hybridized carbons (Fsp3) is 0.467. The highest BCUT2D eigenvalue weighted by molar-refractivity contribution is 5.82. The number of nitrogens with one attached hydrogen (secondary N) is 2. The first-order valence-corrected chi connectivity index (χ1v) is 7.12. The summed E-state index contributed by atoms with van der Waals surface area (Å²) in [6.45, 7) is -0.0740. The number of carbonyl (C=O) groups excluding carboxylic acids is 2. The van der Waals surface area contributed by atoms with Crippen molar-refractivity contribution in [1.29, 1.82) is 0 Å². The fourth-order valence-corrected chi connectivity index (χ4v) is 2.62. The summed E-state index contributed by atoms with van der Waals surface area (Å²) in [5.41, 5.74) is 2.18. The van der Waals surface area contributed by atoms with Gasteiger partial charge in [-0.15, -0.1) is 0 Å². The molecule has 0 fully saturated rings. The zero-order valence-electron chi connectivity index (χ0n) is 12.4. The van der Waals surface area contributed by atoms with E-state index in [1.54, 1.807) is 0 Å². The number of alkyl carbamates (subject to hydrolysis) is 1. The zero-order valence-corrected chi connectivity index (χ0v) is 12.4. The van der Waals surface area contributed by atoms with Crippen LogP contribution < -0.4 is 10.6 Å². The molecule has 1 aromatic carbocycles. The Morgan fingerprint density at radius 1 is 1.26 bits per heavy atom. The van der Waals surface area contributed by atoms with E-state index in [1.165, 1.54) is 0 Å². The molecule has 2 N–H and O–H groups in total. The molecular formula is C15H17F3N2O3. The van der Waals surface area contributed by atoms with Gasteiger partial charge in [-0.2, -0.15) is 13.2 Å². The number of hydrogen-bond acceptors (Lipinski definition) is 3. The van der Waals surface area contributed by atoms with Gasteiger partial charge in [0, 0.05) is 0 Å². The molecule has 0 bridgehead atoms. The van der Waals surface area contributed by atoms with E-state index >= 15 is 0 Å². The second-order valence-corrected chi connectivity index (χ2v) is 5.43. The molecule has 0 saturated carbocycles. The van der Waals surface area contributed by atoms with E-state index in [0.29, 0.717) is 5.92 Å². The SMILES string of the molecule is C[C@@H]1C[C@@H](NC(=O)CNC(=O)OCC(F)(F)F)c2ccccc21. The lowest BCUT2D eigenvalue weighted by Crippen LogP contribution is -2.39. The first-order chi connectivity index (χ1) is 10.8. The van der Waals surface area contributed by atoms with Crippen LogP contribution in [-0.2, 0) is 9.53 Å². The van der Waals surface area contributed by atoms with E-state index in [0.717, 1.165) is 17.5 Å². The first kappa shape index (κ1) is 17.1. The van der Waals surface area contributed by atoms with Gasteiger partial charge in [0.15, 0.2) is 6.61 Å². The lowest BCUT2D eigenvalue weighted by Gasteiger charge is -2.15. The van der Waals surface area contributed by atoms with E-state index in [2.05, 4.69) is 17.0 Å². The Balaban J connectivity index is 1.79. The second kappa shape index (κ2) is 6.89. The van der Waals surface area contributed by atoms with Gasteiger partial charge in [0.2, 0.25) is 5.91 Å². The molecule has 2 atom stereocenters. The Bertz CT molecular complexity index is 590. The Morgan fingerprint density at radius 3 is 2.57 bits per heavy atom. The highest BCUT2D eigenvalue weighted by atomic mass is 19.4. The summed E-state index contributed by atoms with van der Waals surface area (Å²) in [6.07, 6.45) is -5.13. The highest BCUT2D eigenvalue weighted by Gasteiger charge is 2.30. The third-order valence-electron chi connectivity index (χ3n) is 3.59. The molecule has 23 heavy (non-hydrogen) atoms. The molecule has 0 heterocycles. The number of benzene rings is 1. The fourth-order valence-electron chi connectivity index (χ4n) is 2.62. The van der Waals surface area contributed by atoms with Gasteiger partial charge in [0.1, 0.15) is 6.54 Å². The van der Waals surface area contributed by atoms with Crippen molar-refractivity contribution in [2.75, 3.05) is 13.2 Å². The minimum absolute atomic E-state index is 0.165. The molecule has 1 aliphatic rings. The van der Waals surface area contributed by atoms with Crippen molar-refractivity contribution in [2.24, 2.45) is 0 Å². The second-order valence-electron chi connectivity index (χ2n) is 5.43. The molecule has 8 heteroatoms. The monoisotopic (exact) mass is 330 g/mol. The summed E-state index contributed by atoms with van der Waals surface area (Å²) < 4.78 is 39.6. The summed E-state index contributed by atoms with van der Waals surface area (Å²) >= 11 is 0. The van der Waals surface area contributed by atoms with Crippen molar-refractivity contribution in [1.82, 2.24) is 10.6 Å². The number of hydrogen-bond donors (Lipinski definition) is 2. The Kier molecular flexibility index (Phi) is 5.12. The lowest BCUT2D eigenvalue weighted by atomic mass is 10.0.